The van der Waals surface area contributed by atoms with E-state index in [1.807, 2.05) is 26.0 Å². The largest absolute Gasteiger partial charge is 0.373 e. The molecule has 2 rings (SSSR count). The van der Waals surface area contributed by atoms with Crippen LogP contribution in [0.4, 0.5) is 0 Å². The molecule has 0 bridgehead atoms. The van der Waals surface area contributed by atoms with Crippen LogP contribution in [0.25, 0.3) is 0 Å². The van der Waals surface area contributed by atoms with E-state index in [1.54, 1.807) is 36.4 Å². The Bertz CT molecular complexity index is 694. The van der Waals surface area contributed by atoms with Crippen LogP contribution in [0.3, 0.4) is 0 Å². The fourth-order valence-corrected chi connectivity index (χ4v) is 2.05. The van der Waals surface area contributed by atoms with E-state index in [9.17, 15) is 9.59 Å². The fraction of sp³-hybridized carbons (Fsp3) is 0.200. The Labute approximate surface area is 152 Å². The van der Waals surface area contributed by atoms with Gasteiger partial charge in [-0.1, -0.05) is 42.3 Å². The van der Waals surface area contributed by atoms with Gasteiger partial charge in [0.25, 0.3) is 0 Å². The van der Waals surface area contributed by atoms with Gasteiger partial charge in [0.05, 0.1) is 11.1 Å². The van der Waals surface area contributed by atoms with Crippen molar-refractivity contribution in [2.75, 3.05) is 0 Å². The number of aryl methyl sites for hydroxylation is 2. The highest BCUT2D eigenvalue weighted by molar-refractivity contribution is 5.89. The molecule has 6 heteroatoms. The lowest BCUT2D eigenvalue weighted by Gasteiger charge is -2.13. The summed E-state index contributed by atoms with van der Waals surface area (Å²) in [5.74, 6) is -1.38. The van der Waals surface area contributed by atoms with E-state index in [1.165, 1.54) is 0 Å². The summed E-state index contributed by atoms with van der Waals surface area (Å²) in [6.07, 6.45) is 0.392. The van der Waals surface area contributed by atoms with Crippen molar-refractivity contribution in [1.82, 2.24) is 0 Å². The number of carbonyl (C=O) groups excluding carboxylic acids is 2. The molecule has 0 unspecified atom stereocenters. The maximum atomic E-state index is 12.0. The van der Waals surface area contributed by atoms with E-state index in [0.717, 1.165) is 11.1 Å². The first-order chi connectivity index (χ1) is 12.5. The molecule has 0 aliphatic heterocycles. The summed E-state index contributed by atoms with van der Waals surface area (Å²) in [6.45, 7) is 7.36. The molecule has 0 heterocycles. The molecule has 0 atom stereocenters. The van der Waals surface area contributed by atoms with E-state index >= 15 is 0 Å². The molecule has 26 heavy (non-hydrogen) atoms. The molecule has 0 saturated heterocycles. The highest BCUT2D eigenvalue weighted by atomic mass is 17.3. The Kier molecular flexibility index (Phi) is 7.32. The minimum atomic E-state index is -0.691. The van der Waals surface area contributed by atoms with Gasteiger partial charge in [-0.05, 0) is 44.5 Å². The van der Waals surface area contributed by atoms with E-state index in [0.29, 0.717) is 17.5 Å². The number of hydrogen-bond donors (Lipinski definition) is 0. The van der Waals surface area contributed by atoms with E-state index in [2.05, 4.69) is 6.92 Å². The zero-order chi connectivity index (χ0) is 18.9. The average Bonchev–Trinajstić information content (AvgIpc) is 2.63. The summed E-state index contributed by atoms with van der Waals surface area (Å²) in [6, 6.07) is 13.7. The molecule has 6 nitrogen and oxygen atoms in total. The smallest absolute Gasteiger partial charge is 0.289 e. The summed E-state index contributed by atoms with van der Waals surface area (Å²) < 4.78 is 0. The number of carbonyl (C=O) groups is 2. The predicted octanol–water partition coefficient (Wildman–Crippen LogP) is 4.28. The maximum Gasteiger partial charge on any atom is 0.373 e. The molecular formula is C20H20O6. The third kappa shape index (κ3) is 5.98. The van der Waals surface area contributed by atoms with Crippen molar-refractivity contribution < 1.29 is 29.1 Å². The van der Waals surface area contributed by atoms with Crippen LogP contribution in [0, 0.1) is 27.1 Å². The fourth-order valence-electron chi connectivity index (χ4n) is 2.05. The second-order valence-electron chi connectivity index (χ2n) is 5.62. The Balaban J connectivity index is 1.88. The molecule has 2 aromatic rings. The van der Waals surface area contributed by atoms with E-state index in [4.69, 9.17) is 19.6 Å². The van der Waals surface area contributed by atoms with Gasteiger partial charge >= 0.3 is 18.2 Å². The molecule has 136 valence electrons. The van der Waals surface area contributed by atoms with Gasteiger partial charge in [0, 0.05) is 6.42 Å². The van der Waals surface area contributed by atoms with Crippen LogP contribution < -0.4 is 0 Å². The second kappa shape index (κ2) is 9.70. The van der Waals surface area contributed by atoms with Crippen molar-refractivity contribution in [1.29, 1.82) is 0 Å². The van der Waals surface area contributed by atoms with Crippen molar-refractivity contribution in [2.24, 2.45) is 0 Å². The molecule has 0 fully saturated rings. The normalized spacial score (nSPS) is 10.6. The number of benzene rings is 2. The van der Waals surface area contributed by atoms with E-state index < -0.39 is 11.9 Å². The van der Waals surface area contributed by atoms with Crippen LogP contribution in [-0.4, -0.2) is 11.9 Å². The lowest BCUT2D eigenvalue weighted by molar-refractivity contribution is -0.363. The first-order valence-corrected chi connectivity index (χ1v) is 8.05. The predicted molar refractivity (Wildman–Crippen MR) is 93.2 cm³/mol. The zero-order valence-electron chi connectivity index (χ0n) is 14.7. The van der Waals surface area contributed by atoms with Crippen LogP contribution in [0.15, 0.2) is 48.5 Å². The van der Waals surface area contributed by atoms with Gasteiger partial charge in [0.2, 0.25) is 0 Å². The topological polar surface area (TPSA) is 71.1 Å². The third-order valence-electron chi connectivity index (χ3n) is 3.31. The lowest BCUT2D eigenvalue weighted by atomic mass is 10.1. The molecular weight excluding hydrogens is 336 g/mol. The molecule has 2 radical (unpaired) electrons. The Morgan fingerprint density at radius 2 is 1.27 bits per heavy atom. The van der Waals surface area contributed by atoms with Gasteiger partial charge in [-0.15, -0.1) is 9.78 Å². The first kappa shape index (κ1) is 19.6. The van der Waals surface area contributed by atoms with Gasteiger partial charge in [0.1, 0.15) is 0 Å². The number of hydrogen-bond acceptors (Lipinski definition) is 6. The van der Waals surface area contributed by atoms with Crippen molar-refractivity contribution in [3.8, 4) is 0 Å². The molecule has 0 aliphatic rings. The highest BCUT2D eigenvalue weighted by Gasteiger charge is 2.21. The monoisotopic (exact) mass is 356 g/mol. The summed E-state index contributed by atoms with van der Waals surface area (Å²) >= 11 is 0. The maximum absolute atomic E-state index is 12.0. The van der Waals surface area contributed by atoms with Crippen LogP contribution >= 0.6 is 0 Å². The Morgan fingerprint density at radius 3 is 1.65 bits per heavy atom. The summed E-state index contributed by atoms with van der Waals surface area (Å²) in [5, 5.41) is 0. The van der Waals surface area contributed by atoms with Gasteiger partial charge < -0.3 is 0 Å². The standard InChI is InChI=1S/C20H20O6/c1-4-7-18(23-25-19(21)16-10-5-8-14(2)12-16)24-26-20(22)17-11-6-9-15(3)13-17/h5-6,8-13H,1,4,7H2,2-3H3. The van der Waals surface area contributed by atoms with E-state index in [-0.39, 0.29) is 12.7 Å². The third-order valence-corrected chi connectivity index (χ3v) is 3.31. The highest BCUT2D eigenvalue weighted by Crippen LogP contribution is 2.17. The van der Waals surface area contributed by atoms with Gasteiger partial charge in [-0.2, -0.15) is 0 Å². The van der Waals surface area contributed by atoms with Crippen molar-refractivity contribution in [2.45, 2.75) is 26.7 Å². The molecule has 0 N–H and O–H groups in total. The summed E-state index contributed by atoms with van der Waals surface area (Å²) in [7, 11) is 0. The SMILES string of the molecule is [CH2]CC[C](OOC(=O)c1cccc(C)c1)OOC(=O)c1cccc(C)c1. The molecule has 0 amide bonds. The van der Waals surface area contributed by atoms with Gasteiger partial charge in [0.15, 0.2) is 0 Å². The van der Waals surface area contributed by atoms with Crippen LogP contribution in [0.2, 0.25) is 0 Å². The van der Waals surface area contributed by atoms with Crippen molar-refractivity contribution >= 4 is 11.9 Å². The molecule has 0 aromatic heterocycles. The average molecular weight is 356 g/mol. The summed E-state index contributed by atoms with van der Waals surface area (Å²) in [5.41, 5.74) is 2.47. The Hall–Kier alpha value is -2.70. The minimum absolute atomic E-state index is 0.179. The van der Waals surface area contributed by atoms with Crippen LogP contribution in [-0.2, 0) is 19.6 Å². The molecule has 0 aliphatic carbocycles. The number of rotatable bonds is 8. The Morgan fingerprint density at radius 1 is 0.808 bits per heavy atom. The lowest BCUT2D eigenvalue weighted by Crippen LogP contribution is -2.16. The zero-order valence-corrected chi connectivity index (χ0v) is 14.7. The van der Waals surface area contributed by atoms with Crippen LogP contribution in [0.5, 0.6) is 0 Å². The minimum Gasteiger partial charge on any atom is -0.289 e. The van der Waals surface area contributed by atoms with Gasteiger partial charge in [-0.3, -0.25) is 9.78 Å². The second-order valence-corrected chi connectivity index (χ2v) is 5.62. The van der Waals surface area contributed by atoms with Crippen LogP contribution in [0.1, 0.15) is 44.7 Å². The molecule has 0 spiro atoms. The quantitative estimate of drug-likeness (QED) is 0.519. The molecule has 0 saturated carbocycles. The first-order valence-electron chi connectivity index (χ1n) is 8.05. The molecule has 2 aromatic carbocycles. The van der Waals surface area contributed by atoms with Crippen molar-refractivity contribution in [3.05, 3.63) is 84.0 Å². The van der Waals surface area contributed by atoms with Gasteiger partial charge in [-0.25, -0.2) is 9.59 Å². The van der Waals surface area contributed by atoms with Crippen molar-refractivity contribution in [3.63, 3.8) is 0 Å². The summed E-state index contributed by atoms with van der Waals surface area (Å²) in [4.78, 5) is 43.1.